The van der Waals surface area contributed by atoms with Crippen LogP contribution in [0.25, 0.3) is 0 Å². The van der Waals surface area contributed by atoms with E-state index >= 15 is 0 Å². The quantitative estimate of drug-likeness (QED) is 0.888. The molecule has 7 heteroatoms. The summed E-state index contributed by atoms with van der Waals surface area (Å²) in [5.74, 6) is -0.0940. The van der Waals surface area contributed by atoms with Crippen molar-refractivity contribution >= 4 is 12.0 Å². The van der Waals surface area contributed by atoms with E-state index in [1.165, 1.54) is 12.3 Å². The first kappa shape index (κ1) is 17.7. The van der Waals surface area contributed by atoms with Gasteiger partial charge in [-0.3, -0.25) is 9.78 Å². The number of piperidine rings is 1. The Bertz CT molecular complexity index is 766. The van der Waals surface area contributed by atoms with Crippen LogP contribution in [0.4, 0.5) is 4.79 Å². The molecule has 7 nitrogen and oxygen atoms in total. The van der Waals surface area contributed by atoms with E-state index in [2.05, 4.69) is 4.98 Å². The minimum Gasteiger partial charge on any atom is -0.488 e. The number of benzene rings is 1. The molecule has 1 saturated heterocycles. The van der Waals surface area contributed by atoms with Gasteiger partial charge in [-0.15, -0.1) is 0 Å². The van der Waals surface area contributed by atoms with Crippen molar-refractivity contribution in [2.24, 2.45) is 5.73 Å². The van der Waals surface area contributed by atoms with Crippen molar-refractivity contribution in [3.8, 4) is 5.75 Å². The van der Waals surface area contributed by atoms with Gasteiger partial charge in [0.05, 0.1) is 6.54 Å². The Morgan fingerprint density at radius 1 is 1.23 bits per heavy atom. The van der Waals surface area contributed by atoms with Crippen molar-refractivity contribution in [2.45, 2.75) is 25.6 Å². The topological polar surface area (TPSA) is 94.8 Å². The Hall–Kier alpha value is -3.09. The van der Waals surface area contributed by atoms with Gasteiger partial charge in [0.2, 0.25) is 0 Å². The normalized spacial score (nSPS) is 16.8. The number of carbonyl (C=O) groups excluding carboxylic acids is 2. The number of aromatic nitrogens is 1. The van der Waals surface area contributed by atoms with Crippen LogP contribution in [0.15, 0.2) is 48.7 Å². The highest BCUT2D eigenvalue weighted by Gasteiger charge is 2.26. The fraction of sp³-hybridized carbons (Fsp3) is 0.316. The van der Waals surface area contributed by atoms with E-state index in [0.29, 0.717) is 18.8 Å². The molecule has 1 aliphatic heterocycles. The molecule has 2 aromatic rings. The number of nitrogens with two attached hydrogens (primary N) is 1. The van der Waals surface area contributed by atoms with Crippen LogP contribution in [-0.4, -0.2) is 41.1 Å². The summed E-state index contributed by atoms with van der Waals surface area (Å²) in [6, 6.07) is 12.7. The summed E-state index contributed by atoms with van der Waals surface area (Å²) in [6.45, 7) is 1.31. The van der Waals surface area contributed by atoms with Gasteiger partial charge in [0, 0.05) is 18.8 Å². The zero-order valence-corrected chi connectivity index (χ0v) is 14.3. The zero-order chi connectivity index (χ0) is 18.4. The Morgan fingerprint density at radius 3 is 2.81 bits per heavy atom. The highest BCUT2D eigenvalue weighted by Crippen LogP contribution is 2.19. The lowest BCUT2D eigenvalue weighted by molar-refractivity contribution is 0.0551. The van der Waals surface area contributed by atoms with Crippen LogP contribution >= 0.6 is 0 Å². The van der Waals surface area contributed by atoms with E-state index in [0.717, 1.165) is 18.4 Å². The molecular formula is C19H21N3O4. The fourth-order valence-electron chi connectivity index (χ4n) is 2.82. The van der Waals surface area contributed by atoms with E-state index in [9.17, 15) is 9.59 Å². The number of hydrogen-bond donors (Lipinski definition) is 1. The third-order valence-electron chi connectivity index (χ3n) is 4.13. The molecule has 0 bridgehead atoms. The largest absolute Gasteiger partial charge is 0.488 e. The Balaban J connectivity index is 1.54. The molecule has 0 spiro atoms. The van der Waals surface area contributed by atoms with E-state index in [1.54, 1.807) is 11.0 Å². The second-order valence-corrected chi connectivity index (χ2v) is 6.11. The lowest BCUT2D eigenvalue weighted by Crippen LogP contribution is -2.44. The maximum absolute atomic E-state index is 12.3. The van der Waals surface area contributed by atoms with E-state index in [-0.39, 0.29) is 24.5 Å². The van der Waals surface area contributed by atoms with Crippen molar-refractivity contribution in [1.29, 1.82) is 0 Å². The van der Waals surface area contributed by atoms with Gasteiger partial charge < -0.3 is 20.1 Å². The van der Waals surface area contributed by atoms with Gasteiger partial charge in [0.15, 0.2) is 0 Å². The molecule has 1 fully saturated rings. The van der Waals surface area contributed by atoms with Crippen molar-refractivity contribution in [1.82, 2.24) is 9.88 Å². The number of pyridine rings is 1. The first-order valence-corrected chi connectivity index (χ1v) is 8.50. The van der Waals surface area contributed by atoms with Crippen molar-refractivity contribution in [2.75, 3.05) is 13.1 Å². The molecule has 2 heterocycles. The van der Waals surface area contributed by atoms with Crippen LogP contribution in [0.3, 0.4) is 0 Å². The van der Waals surface area contributed by atoms with Crippen LogP contribution in [0, 0.1) is 0 Å². The number of carbonyl (C=O) groups is 2. The second kappa shape index (κ2) is 8.33. The third-order valence-corrected chi connectivity index (χ3v) is 4.13. The van der Waals surface area contributed by atoms with Gasteiger partial charge in [-0.2, -0.15) is 0 Å². The predicted octanol–water partition coefficient (Wildman–Crippen LogP) is 2.36. The molecular weight excluding hydrogens is 334 g/mol. The minimum absolute atomic E-state index is 0.150. The molecule has 26 heavy (non-hydrogen) atoms. The molecule has 136 valence electrons. The van der Waals surface area contributed by atoms with Crippen molar-refractivity contribution in [3.63, 3.8) is 0 Å². The van der Waals surface area contributed by atoms with E-state index in [4.69, 9.17) is 15.2 Å². The zero-order valence-electron chi connectivity index (χ0n) is 14.3. The second-order valence-electron chi connectivity index (χ2n) is 6.11. The summed E-state index contributed by atoms with van der Waals surface area (Å²) >= 11 is 0. The van der Waals surface area contributed by atoms with Gasteiger partial charge in [-0.1, -0.05) is 30.3 Å². The van der Waals surface area contributed by atoms with Gasteiger partial charge in [0.1, 0.15) is 24.2 Å². The predicted molar refractivity (Wildman–Crippen MR) is 94.6 cm³/mol. The average molecular weight is 355 g/mol. The SMILES string of the molecule is NC(=O)c1cc(OC2CCCN(C(=O)OCc3ccccc3)C2)ccn1. The molecule has 1 aliphatic rings. The van der Waals surface area contributed by atoms with Crippen molar-refractivity contribution < 1.29 is 19.1 Å². The van der Waals surface area contributed by atoms with E-state index < -0.39 is 5.91 Å². The van der Waals surface area contributed by atoms with Gasteiger partial charge >= 0.3 is 6.09 Å². The van der Waals surface area contributed by atoms with Gasteiger partial charge in [-0.25, -0.2) is 4.79 Å². The highest BCUT2D eigenvalue weighted by atomic mass is 16.6. The first-order chi connectivity index (χ1) is 12.6. The number of primary amides is 1. The summed E-state index contributed by atoms with van der Waals surface area (Å²) < 4.78 is 11.3. The molecule has 0 aliphatic carbocycles. The molecule has 1 aromatic carbocycles. The standard InChI is InChI=1S/C19H21N3O4/c20-18(23)17-11-15(8-9-21-17)26-16-7-4-10-22(12-16)19(24)25-13-14-5-2-1-3-6-14/h1-3,5-6,8-9,11,16H,4,7,10,12-13H2,(H2,20,23). The lowest BCUT2D eigenvalue weighted by atomic mass is 10.1. The lowest BCUT2D eigenvalue weighted by Gasteiger charge is -2.32. The molecule has 0 radical (unpaired) electrons. The molecule has 3 rings (SSSR count). The van der Waals surface area contributed by atoms with Crippen LogP contribution in [0.5, 0.6) is 5.75 Å². The maximum atomic E-state index is 12.3. The third kappa shape index (κ3) is 4.72. The number of likely N-dealkylation sites (tertiary alicyclic amines) is 1. The Labute approximate surface area is 151 Å². The Kier molecular flexibility index (Phi) is 5.68. The highest BCUT2D eigenvalue weighted by molar-refractivity contribution is 5.91. The molecule has 1 unspecified atom stereocenters. The average Bonchev–Trinajstić information content (AvgIpc) is 2.67. The summed E-state index contributed by atoms with van der Waals surface area (Å²) in [6.07, 6.45) is 2.59. The van der Waals surface area contributed by atoms with Crippen molar-refractivity contribution in [3.05, 3.63) is 59.9 Å². The maximum Gasteiger partial charge on any atom is 0.410 e. The summed E-state index contributed by atoms with van der Waals surface area (Å²) in [4.78, 5) is 29.0. The van der Waals surface area contributed by atoms with Crippen LogP contribution in [0.2, 0.25) is 0 Å². The number of amides is 2. The smallest absolute Gasteiger partial charge is 0.410 e. The first-order valence-electron chi connectivity index (χ1n) is 8.50. The summed E-state index contributed by atoms with van der Waals surface area (Å²) in [5.41, 5.74) is 6.33. The van der Waals surface area contributed by atoms with E-state index in [1.807, 2.05) is 30.3 Å². The monoisotopic (exact) mass is 355 g/mol. The van der Waals surface area contributed by atoms with Gasteiger partial charge in [-0.05, 0) is 24.5 Å². The van der Waals surface area contributed by atoms with Gasteiger partial charge in [0.25, 0.3) is 5.91 Å². The fourth-order valence-corrected chi connectivity index (χ4v) is 2.82. The van der Waals surface area contributed by atoms with Crippen LogP contribution in [0.1, 0.15) is 28.9 Å². The number of nitrogens with zero attached hydrogens (tertiary/aromatic N) is 2. The minimum atomic E-state index is -0.606. The van der Waals surface area contributed by atoms with Crippen LogP contribution < -0.4 is 10.5 Å². The number of ether oxygens (including phenoxy) is 2. The summed E-state index contributed by atoms with van der Waals surface area (Å²) in [5, 5.41) is 0. The molecule has 2 amide bonds. The molecule has 2 N–H and O–H groups in total. The number of rotatable bonds is 5. The molecule has 1 atom stereocenters. The summed E-state index contributed by atoms with van der Waals surface area (Å²) in [7, 11) is 0. The molecule has 0 saturated carbocycles. The number of hydrogen-bond acceptors (Lipinski definition) is 5. The molecule has 1 aromatic heterocycles. The Morgan fingerprint density at radius 2 is 2.04 bits per heavy atom. The van der Waals surface area contributed by atoms with Crippen LogP contribution in [-0.2, 0) is 11.3 Å².